The van der Waals surface area contributed by atoms with Crippen molar-refractivity contribution in [2.24, 2.45) is 0 Å². The number of nitrogens with zero attached hydrogens (tertiary/aromatic N) is 4. The summed E-state index contributed by atoms with van der Waals surface area (Å²) in [6.07, 6.45) is 1.51. The second-order valence-corrected chi connectivity index (χ2v) is 7.04. The summed E-state index contributed by atoms with van der Waals surface area (Å²) in [6.45, 7) is 4.71. The highest BCUT2D eigenvalue weighted by molar-refractivity contribution is 7.12. The maximum atomic E-state index is 9.14. The summed E-state index contributed by atoms with van der Waals surface area (Å²) >= 11 is 1.69. The molecule has 120 valence electrons. The van der Waals surface area contributed by atoms with Crippen LogP contribution in [0.4, 0.5) is 0 Å². The normalized spacial score (nSPS) is 16.0. The van der Waals surface area contributed by atoms with Crippen LogP contribution in [0.3, 0.4) is 0 Å². The van der Waals surface area contributed by atoms with E-state index in [1.54, 1.807) is 23.5 Å². The van der Waals surface area contributed by atoms with E-state index < -0.39 is 0 Å². The van der Waals surface area contributed by atoms with Gasteiger partial charge in [0.1, 0.15) is 24.5 Å². The fourth-order valence-electron chi connectivity index (χ4n) is 2.77. The fraction of sp³-hybridized carbons (Fsp3) is 0.294. The van der Waals surface area contributed by atoms with Crippen LogP contribution in [0.2, 0.25) is 0 Å². The molecule has 0 spiro atoms. The van der Waals surface area contributed by atoms with Crippen LogP contribution in [0.1, 0.15) is 47.0 Å². The number of ether oxygens (including phenoxy) is 1. The van der Waals surface area contributed by atoms with E-state index in [2.05, 4.69) is 35.1 Å². The minimum Gasteiger partial charge on any atom is -0.492 e. The molecule has 0 saturated carbocycles. The average molecular weight is 337 g/mol. The Morgan fingerprint density at radius 2 is 2.29 bits per heavy atom. The number of fused-ring (bicyclic) bond motifs is 3. The summed E-state index contributed by atoms with van der Waals surface area (Å²) in [7, 11) is 0. The van der Waals surface area contributed by atoms with Gasteiger partial charge >= 0.3 is 0 Å². The van der Waals surface area contributed by atoms with Crippen LogP contribution >= 0.6 is 11.3 Å². The van der Waals surface area contributed by atoms with E-state index in [1.165, 1.54) is 6.33 Å². The molecule has 3 heterocycles. The van der Waals surface area contributed by atoms with E-state index >= 15 is 0 Å². The summed E-state index contributed by atoms with van der Waals surface area (Å²) in [5, 5.41) is 17.1. The first-order chi connectivity index (χ1) is 11.7. The number of nitriles is 1. The van der Waals surface area contributed by atoms with Crippen molar-refractivity contribution in [3.05, 3.63) is 45.8 Å². The molecule has 6 nitrogen and oxygen atoms in total. The minimum atomic E-state index is -0.0505. The standard InChI is InChI=1S/C17H15N5OS/c1-9(2)17-21-14-11-4-3-10(6-18)5-13(11)23-7-12(15(14)24-17)16-19-8-20-22-16/h3-5,8-9,12H,7H2,1-2H3,(H,19,20,22). The van der Waals surface area contributed by atoms with Crippen LogP contribution in [0.5, 0.6) is 5.75 Å². The number of benzene rings is 1. The Kier molecular flexibility index (Phi) is 3.54. The summed E-state index contributed by atoms with van der Waals surface area (Å²) in [5.74, 6) is 1.76. The van der Waals surface area contributed by atoms with Gasteiger partial charge in [-0.05, 0) is 18.2 Å². The minimum absolute atomic E-state index is 0.0505. The van der Waals surface area contributed by atoms with Crippen LogP contribution in [0.15, 0.2) is 24.5 Å². The number of thiazole rings is 1. The van der Waals surface area contributed by atoms with Gasteiger partial charge in [-0.1, -0.05) is 13.8 Å². The van der Waals surface area contributed by atoms with E-state index in [-0.39, 0.29) is 5.92 Å². The van der Waals surface area contributed by atoms with Gasteiger partial charge in [0.15, 0.2) is 0 Å². The largest absolute Gasteiger partial charge is 0.492 e. The van der Waals surface area contributed by atoms with Gasteiger partial charge in [-0.25, -0.2) is 9.97 Å². The number of H-pyrrole nitrogens is 1. The van der Waals surface area contributed by atoms with Crippen molar-refractivity contribution in [3.8, 4) is 23.1 Å². The molecule has 1 atom stereocenters. The van der Waals surface area contributed by atoms with E-state index in [0.717, 1.165) is 27.0 Å². The molecule has 0 bridgehead atoms. The zero-order valence-electron chi connectivity index (χ0n) is 13.3. The third-order valence-electron chi connectivity index (χ3n) is 4.02. The maximum absolute atomic E-state index is 9.14. The van der Waals surface area contributed by atoms with Crippen LogP contribution in [-0.4, -0.2) is 26.8 Å². The van der Waals surface area contributed by atoms with E-state index in [1.807, 2.05) is 6.07 Å². The average Bonchev–Trinajstić information content (AvgIpc) is 3.23. The van der Waals surface area contributed by atoms with Crippen molar-refractivity contribution < 1.29 is 4.74 Å². The van der Waals surface area contributed by atoms with Crippen molar-refractivity contribution in [3.63, 3.8) is 0 Å². The lowest BCUT2D eigenvalue weighted by Crippen LogP contribution is -2.11. The Morgan fingerprint density at radius 1 is 1.42 bits per heavy atom. The van der Waals surface area contributed by atoms with E-state index in [9.17, 15) is 0 Å². The third-order valence-corrected chi connectivity index (χ3v) is 5.48. The van der Waals surface area contributed by atoms with Gasteiger partial charge in [0, 0.05) is 16.4 Å². The third kappa shape index (κ3) is 2.36. The van der Waals surface area contributed by atoms with Gasteiger partial charge in [0.2, 0.25) is 0 Å². The molecule has 24 heavy (non-hydrogen) atoms. The van der Waals surface area contributed by atoms with Crippen molar-refractivity contribution in [2.75, 3.05) is 6.61 Å². The second kappa shape index (κ2) is 5.73. The Morgan fingerprint density at radius 3 is 3.00 bits per heavy atom. The van der Waals surface area contributed by atoms with Crippen molar-refractivity contribution in [2.45, 2.75) is 25.7 Å². The molecule has 0 aliphatic carbocycles. The number of hydrogen-bond donors (Lipinski definition) is 1. The molecule has 1 aliphatic heterocycles. The highest BCUT2D eigenvalue weighted by Crippen LogP contribution is 2.44. The van der Waals surface area contributed by atoms with Crippen molar-refractivity contribution in [1.82, 2.24) is 20.2 Å². The first-order valence-corrected chi connectivity index (χ1v) is 8.52. The Balaban J connectivity index is 1.92. The monoisotopic (exact) mass is 337 g/mol. The fourth-order valence-corrected chi connectivity index (χ4v) is 3.94. The summed E-state index contributed by atoms with van der Waals surface area (Å²) < 4.78 is 6.00. The number of rotatable bonds is 2. The predicted octanol–water partition coefficient (Wildman–Crippen LogP) is 3.45. The zero-order chi connectivity index (χ0) is 16.7. The SMILES string of the molecule is CC(C)c1nc2c(s1)C(c1ncn[nH]1)COc1cc(C#N)ccc1-2. The molecule has 3 aromatic rings. The highest BCUT2D eigenvalue weighted by Gasteiger charge is 2.31. The lowest BCUT2D eigenvalue weighted by molar-refractivity contribution is 0.305. The maximum Gasteiger partial charge on any atom is 0.137 e. The van der Waals surface area contributed by atoms with Gasteiger partial charge < -0.3 is 4.74 Å². The van der Waals surface area contributed by atoms with Crippen LogP contribution in [-0.2, 0) is 0 Å². The van der Waals surface area contributed by atoms with Crippen LogP contribution in [0, 0.1) is 11.3 Å². The molecule has 7 heteroatoms. The molecule has 4 rings (SSSR count). The predicted molar refractivity (Wildman–Crippen MR) is 90.1 cm³/mol. The smallest absolute Gasteiger partial charge is 0.137 e. The number of aromatic nitrogens is 4. The summed E-state index contributed by atoms with van der Waals surface area (Å²) in [6, 6.07) is 7.65. The van der Waals surface area contributed by atoms with Gasteiger partial charge in [-0.15, -0.1) is 11.3 Å². The molecule has 0 fully saturated rings. The number of aromatic amines is 1. The molecule has 1 unspecified atom stereocenters. The topological polar surface area (TPSA) is 87.5 Å². The lowest BCUT2D eigenvalue weighted by atomic mass is 10.0. The molecule has 0 saturated heterocycles. The second-order valence-electron chi connectivity index (χ2n) is 5.98. The molecule has 1 aliphatic rings. The van der Waals surface area contributed by atoms with E-state index in [0.29, 0.717) is 23.8 Å². The lowest BCUT2D eigenvalue weighted by Gasteiger charge is -2.11. The molecule has 1 aromatic carbocycles. The van der Waals surface area contributed by atoms with Gasteiger partial charge in [0.05, 0.1) is 28.3 Å². The van der Waals surface area contributed by atoms with Crippen LogP contribution < -0.4 is 4.74 Å². The van der Waals surface area contributed by atoms with Gasteiger partial charge in [-0.2, -0.15) is 10.4 Å². The molecular weight excluding hydrogens is 322 g/mol. The quantitative estimate of drug-likeness (QED) is 0.774. The number of hydrogen-bond acceptors (Lipinski definition) is 6. The molecule has 2 aromatic heterocycles. The van der Waals surface area contributed by atoms with E-state index in [4.69, 9.17) is 15.0 Å². The summed E-state index contributed by atoms with van der Waals surface area (Å²) in [5.41, 5.74) is 2.42. The first kappa shape index (κ1) is 14.8. The molecule has 0 radical (unpaired) electrons. The first-order valence-electron chi connectivity index (χ1n) is 7.70. The Bertz CT molecular complexity index is 923. The highest BCUT2D eigenvalue weighted by atomic mass is 32.1. The van der Waals surface area contributed by atoms with Crippen molar-refractivity contribution >= 4 is 11.3 Å². The molecular formula is C17H15N5OS. The molecule has 0 amide bonds. The Labute approximate surface area is 143 Å². The van der Waals surface area contributed by atoms with Crippen molar-refractivity contribution in [1.29, 1.82) is 5.26 Å². The Hall–Kier alpha value is -2.72. The summed E-state index contributed by atoms with van der Waals surface area (Å²) in [4.78, 5) is 10.3. The van der Waals surface area contributed by atoms with Gasteiger partial charge in [0.25, 0.3) is 0 Å². The van der Waals surface area contributed by atoms with Crippen LogP contribution in [0.25, 0.3) is 11.3 Å². The molecule has 1 N–H and O–H groups in total. The number of nitrogens with one attached hydrogen (secondary N) is 1. The van der Waals surface area contributed by atoms with Gasteiger partial charge in [-0.3, -0.25) is 5.10 Å². The zero-order valence-corrected chi connectivity index (χ0v) is 14.1.